The molecule has 0 bridgehead atoms. The largest absolute Gasteiger partial charge is 0.421 e. The predicted molar refractivity (Wildman–Crippen MR) is 143 cm³/mol. The van der Waals surface area contributed by atoms with Crippen LogP contribution in [0.1, 0.15) is 53.1 Å². The first-order chi connectivity index (χ1) is 18.9. The van der Waals surface area contributed by atoms with Crippen molar-refractivity contribution < 1.29 is 27.2 Å². The number of hydrogen-bond acceptors (Lipinski definition) is 6. The minimum absolute atomic E-state index is 0.0513. The Balaban J connectivity index is 1.19. The highest BCUT2D eigenvalue weighted by atomic mass is 35.5. The summed E-state index contributed by atoms with van der Waals surface area (Å²) in [6, 6.07) is 3.29. The molecule has 1 aromatic carbocycles. The van der Waals surface area contributed by atoms with Crippen molar-refractivity contribution in [1.82, 2.24) is 14.5 Å². The lowest BCUT2D eigenvalue weighted by Crippen LogP contribution is -2.42. The van der Waals surface area contributed by atoms with Crippen molar-refractivity contribution in [2.45, 2.75) is 44.0 Å². The highest BCUT2D eigenvalue weighted by molar-refractivity contribution is 7.10. The quantitative estimate of drug-likeness (QED) is 0.292. The number of halogens is 7. The Labute approximate surface area is 243 Å². The number of piperidine rings is 1. The van der Waals surface area contributed by atoms with Crippen molar-refractivity contribution in [1.29, 1.82) is 0 Å². The van der Waals surface area contributed by atoms with Gasteiger partial charge in [0.05, 0.1) is 20.7 Å². The molecular formula is C25H19Cl3F4N4O3S. The van der Waals surface area contributed by atoms with Gasteiger partial charge in [0.1, 0.15) is 23.6 Å². The van der Waals surface area contributed by atoms with E-state index in [1.165, 1.54) is 16.2 Å². The van der Waals surface area contributed by atoms with Crippen molar-refractivity contribution in [2.75, 3.05) is 13.1 Å². The number of carbonyl (C=O) groups excluding carboxylic acids is 1. The van der Waals surface area contributed by atoms with Gasteiger partial charge in [0, 0.05) is 47.6 Å². The Bertz CT molecular complexity index is 1530. The maximum Gasteiger partial charge on any atom is 0.421 e. The smallest absolute Gasteiger partial charge is 0.387 e. The standard InChI is InChI=1S/C25H19Cl3F4N4O3S/c26-13-5-16(27)22(17(28)6-13)20-8-18(34-39-20)19-11-40-23(33-19)12-1-3-35(4-2-12)21(37)10-36-9-14(29)7-15(24(36)38)25(30,31)32/h5-7,9,11-12,20H,1-4,8,10H2. The molecule has 0 spiro atoms. The molecule has 2 aliphatic rings. The molecule has 212 valence electrons. The summed E-state index contributed by atoms with van der Waals surface area (Å²) in [7, 11) is 0. The van der Waals surface area contributed by atoms with E-state index in [1.54, 1.807) is 12.1 Å². The van der Waals surface area contributed by atoms with Crippen molar-refractivity contribution >= 4 is 57.8 Å². The molecule has 4 heterocycles. The molecule has 1 unspecified atom stereocenters. The van der Waals surface area contributed by atoms with Crippen LogP contribution < -0.4 is 5.56 Å². The molecule has 40 heavy (non-hydrogen) atoms. The first-order valence-electron chi connectivity index (χ1n) is 12.0. The number of nitrogens with zero attached hydrogens (tertiary/aromatic N) is 4. The van der Waals surface area contributed by atoms with E-state index >= 15 is 0 Å². The van der Waals surface area contributed by atoms with Crippen molar-refractivity contribution in [3.05, 3.63) is 82.8 Å². The van der Waals surface area contributed by atoms with Crippen molar-refractivity contribution in [3.8, 4) is 0 Å². The molecule has 1 amide bonds. The van der Waals surface area contributed by atoms with Gasteiger partial charge in [-0.2, -0.15) is 13.2 Å². The van der Waals surface area contributed by atoms with E-state index in [1.807, 2.05) is 5.38 Å². The lowest BCUT2D eigenvalue weighted by atomic mass is 9.97. The SMILES string of the molecule is O=C(Cn1cc(F)cc(C(F)(F)F)c1=O)N1CCC(c2nc(C3=NOC(c4c(Cl)cc(Cl)cc4Cl)C3)cs2)CC1. The van der Waals surface area contributed by atoms with Gasteiger partial charge in [-0.15, -0.1) is 11.3 Å². The monoisotopic (exact) mass is 636 g/mol. The van der Waals surface area contributed by atoms with E-state index in [-0.39, 0.29) is 12.0 Å². The molecule has 1 fully saturated rings. The van der Waals surface area contributed by atoms with Gasteiger partial charge in [-0.3, -0.25) is 9.59 Å². The van der Waals surface area contributed by atoms with Gasteiger partial charge in [-0.25, -0.2) is 9.37 Å². The third-order valence-corrected chi connectivity index (χ3v) is 8.56. The Morgan fingerprint density at radius 3 is 2.45 bits per heavy atom. The first-order valence-corrected chi connectivity index (χ1v) is 14.0. The topological polar surface area (TPSA) is 76.8 Å². The van der Waals surface area contributed by atoms with E-state index in [0.717, 1.165) is 5.01 Å². The number of thiazole rings is 1. The molecule has 0 aliphatic carbocycles. The van der Waals surface area contributed by atoms with E-state index in [2.05, 4.69) is 5.16 Å². The summed E-state index contributed by atoms with van der Waals surface area (Å²) in [5.74, 6) is -1.77. The second-order valence-electron chi connectivity index (χ2n) is 9.35. The lowest BCUT2D eigenvalue weighted by Gasteiger charge is -2.31. The van der Waals surface area contributed by atoms with E-state index in [0.29, 0.717) is 75.2 Å². The van der Waals surface area contributed by atoms with Crippen LogP contribution in [-0.4, -0.2) is 39.2 Å². The molecule has 2 aromatic heterocycles. The number of amides is 1. The average Bonchev–Trinajstić information content (AvgIpc) is 3.55. The molecule has 15 heteroatoms. The number of carbonyl (C=O) groups is 1. The third kappa shape index (κ3) is 6.00. The third-order valence-electron chi connectivity index (χ3n) is 6.71. The maximum absolute atomic E-state index is 13.7. The number of pyridine rings is 1. The Morgan fingerprint density at radius 2 is 1.80 bits per heavy atom. The van der Waals surface area contributed by atoms with Crippen LogP contribution in [-0.2, 0) is 22.4 Å². The zero-order valence-electron chi connectivity index (χ0n) is 20.4. The summed E-state index contributed by atoms with van der Waals surface area (Å²) < 4.78 is 53.3. The Morgan fingerprint density at radius 1 is 1.12 bits per heavy atom. The number of rotatable bonds is 5. The highest BCUT2D eigenvalue weighted by Crippen LogP contribution is 2.40. The minimum atomic E-state index is -5.03. The highest BCUT2D eigenvalue weighted by Gasteiger charge is 2.36. The van der Waals surface area contributed by atoms with Gasteiger partial charge in [0.25, 0.3) is 5.56 Å². The molecule has 5 rings (SSSR count). The summed E-state index contributed by atoms with van der Waals surface area (Å²) in [5.41, 5.74) is -1.22. The van der Waals surface area contributed by atoms with Crippen LogP contribution >= 0.6 is 46.1 Å². The van der Waals surface area contributed by atoms with E-state index in [9.17, 15) is 27.2 Å². The number of benzene rings is 1. The van der Waals surface area contributed by atoms with Gasteiger partial charge >= 0.3 is 6.18 Å². The number of alkyl halides is 3. The molecule has 0 saturated carbocycles. The summed E-state index contributed by atoms with van der Waals surface area (Å²) in [6.07, 6.45) is -3.37. The van der Waals surface area contributed by atoms with E-state index in [4.69, 9.17) is 44.6 Å². The summed E-state index contributed by atoms with van der Waals surface area (Å²) in [6.45, 7) is -0.0585. The summed E-state index contributed by atoms with van der Waals surface area (Å²) >= 11 is 20.1. The molecule has 2 aliphatic heterocycles. The Hall–Kier alpha value is -2.67. The van der Waals surface area contributed by atoms with Crippen LogP contribution in [0.5, 0.6) is 0 Å². The van der Waals surface area contributed by atoms with Gasteiger partial charge in [-0.05, 0) is 31.0 Å². The van der Waals surface area contributed by atoms with Crippen molar-refractivity contribution in [3.63, 3.8) is 0 Å². The number of hydrogen-bond donors (Lipinski definition) is 0. The maximum atomic E-state index is 13.7. The minimum Gasteiger partial charge on any atom is -0.387 e. The molecule has 1 atom stereocenters. The fourth-order valence-corrected chi connectivity index (χ4v) is 6.75. The molecule has 3 aromatic rings. The van der Waals surface area contributed by atoms with Gasteiger partial charge in [0.15, 0.2) is 6.10 Å². The van der Waals surface area contributed by atoms with Crippen LogP contribution in [0.15, 0.2) is 39.7 Å². The fourth-order valence-electron chi connectivity index (χ4n) is 4.69. The van der Waals surface area contributed by atoms with Crippen molar-refractivity contribution in [2.24, 2.45) is 5.16 Å². The number of aromatic nitrogens is 2. The summed E-state index contributed by atoms with van der Waals surface area (Å²) in [4.78, 5) is 36.6. The van der Waals surface area contributed by atoms with E-state index < -0.39 is 41.7 Å². The van der Waals surface area contributed by atoms with Crippen LogP contribution in [0.3, 0.4) is 0 Å². The van der Waals surface area contributed by atoms with Crippen LogP contribution in [0, 0.1) is 5.82 Å². The van der Waals surface area contributed by atoms with Crippen LogP contribution in [0.2, 0.25) is 15.1 Å². The molecule has 0 N–H and O–H groups in total. The lowest BCUT2D eigenvalue weighted by molar-refractivity contribution is -0.140. The van der Waals surface area contributed by atoms with Crippen LogP contribution in [0.4, 0.5) is 17.6 Å². The predicted octanol–water partition coefficient (Wildman–Crippen LogP) is 6.69. The van der Waals surface area contributed by atoms with Gasteiger partial charge < -0.3 is 14.3 Å². The van der Waals surface area contributed by atoms with Gasteiger partial charge in [0.2, 0.25) is 5.91 Å². The zero-order chi connectivity index (χ0) is 28.8. The molecule has 0 radical (unpaired) electrons. The molecular weight excluding hydrogens is 619 g/mol. The normalized spacial score (nSPS) is 18.1. The van der Waals surface area contributed by atoms with Gasteiger partial charge in [-0.1, -0.05) is 40.0 Å². The first kappa shape index (κ1) is 28.8. The average molecular weight is 638 g/mol. The number of oxime groups is 1. The van der Waals surface area contributed by atoms with Crippen LogP contribution in [0.25, 0.3) is 0 Å². The second kappa shape index (κ2) is 11.3. The second-order valence-corrected chi connectivity index (χ2v) is 11.5. The fraction of sp³-hybridized carbons (Fsp3) is 0.360. The molecule has 1 saturated heterocycles. The Kier molecular flexibility index (Phi) is 8.15. The summed E-state index contributed by atoms with van der Waals surface area (Å²) in [5, 5.41) is 8.06. The number of likely N-dealkylation sites (tertiary alicyclic amines) is 1. The zero-order valence-corrected chi connectivity index (χ0v) is 23.4. The molecule has 7 nitrogen and oxygen atoms in total.